The highest BCUT2D eigenvalue weighted by Crippen LogP contribution is 2.33. The molecule has 0 aliphatic carbocycles. The average Bonchev–Trinajstić information content (AvgIpc) is 2.09. The molecule has 1 aliphatic rings. The fourth-order valence-electron chi connectivity index (χ4n) is 1.57. The first-order chi connectivity index (χ1) is 6.18. The zero-order chi connectivity index (χ0) is 9.42. The van der Waals surface area contributed by atoms with Crippen LogP contribution in [0.3, 0.4) is 0 Å². The fourth-order valence-corrected chi connectivity index (χ4v) is 1.57. The van der Waals surface area contributed by atoms with Crippen molar-refractivity contribution in [2.24, 2.45) is 0 Å². The van der Waals surface area contributed by atoms with Crippen LogP contribution in [-0.4, -0.2) is 12.1 Å². The Kier molecular flexibility index (Phi) is 1.91. The number of benzene rings is 1. The first kappa shape index (κ1) is 8.42. The van der Waals surface area contributed by atoms with Crippen LogP contribution in [0.15, 0.2) is 18.2 Å². The summed E-state index contributed by atoms with van der Waals surface area (Å²) in [5.41, 5.74) is 2.31. The van der Waals surface area contributed by atoms with Crippen LogP contribution in [0.4, 0.5) is 5.69 Å². The maximum absolute atomic E-state index is 5.81. The van der Waals surface area contributed by atoms with Crippen molar-refractivity contribution in [1.29, 1.82) is 0 Å². The lowest BCUT2D eigenvalue weighted by Gasteiger charge is -2.31. The molecule has 70 valence electrons. The smallest absolute Gasteiger partial charge is 0.145 e. The summed E-state index contributed by atoms with van der Waals surface area (Å²) in [6, 6.07) is 6.57. The molecule has 2 nitrogen and oxygen atoms in total. The molecule has 13 heavy (non-hydrogen) atoms. The first-order valence-electron chi connectivity index (χ1n) is 4.71. The number of hydrogen-bond donors (Lipinski definition) is 1. The van der Waals surface area contributed by atoms with Gasteiger partial charge in [0.1, 0.15) is 11.9 Å². The van der Waals surface area contributed by atoms with E-state index in [-0.39, 0.29) is 6.10 Å². The summed E-state index contributed by atoms with van der Waals surface area (Å²) in [7, 11) is 0. The lowest BCUT2D eigenvalue weighted by molar-refractivity contribution is 0.192. The van der Waals surface area contributed by atoms with Gasteiger partial charge in [-0.15, -0.1) is 0 Å². The van der Waals surface area contributed by atoms with Crippen LogP contribution in [-0.2, 0) is 0 Å². The van der Waals surface area contributed by atoms with Gasteiger partial charge >= 0.3 is 0 Å². The van der Waals surface area contributed by atoms with E-state index in [1.807, 2.05) is 6.07 Å². The van der Waals surface area contributed by atoms with Crippen molar-refractivity contribution in [2.45, 2.75) is 32.9 Å². The van der Waals surface area contributed by atoms with Crippen molar-refractivity contribution in [3.63, 3.8) is 0 Å². The molecule has 1 aliphatic heterocycles. The van der Waals surface area contributed by atoms with E-state index in [2.05, 4.69) is 38.2 Å². The third-order valence-corrected chi connectivity index (χ3v) is 2.60. The molecule has 1 aromatic rings. The summed E-state index contributed by atoms with van der Waals surface area (Å²) in [4.78, 5) is 0. The molecule has 0 fully saturated rings. The molecule has 0 amide bonds. The molecule has 1 N–H and O–H groups in total. The van der Waals surface area contributed by atoms with Gasteiger partial charge in [0.25, 0.3) is 0 Å². The Morgan fingerprint density at radius 3 is 2.85 bits per heavy atom. The maximum atomic E-state index is 5.81. The largest absolute Gasteiger partial charge is 0.486 e. The van der Waals surface area contributed by atoms with Gasteiger partial charge in [0.15, 0.2) is 0 Å². The van der Waals surface area contributed by atoms with Gasteiger partial charge in [-0.25, -0.2) is 0 Å². The molecule has 0 saturated heterocycles. The van der Waals surface area contributed by atoms with Crippen LogP contribution in [0.1, 0.15) is 19.4 Å². The number of fused-ring (bicyclic) bond motifs is 1. The van der Waals surface area contributed by atoms with Gasteiger partial charge in [0.05, 0.1) is 11.7 Å². The number of rotatable bonds is 0. The van der Waals surface area contributed by atoms with E-state index in [0.29, 0.717) is 6.04 Å². The fraction of sp³-hybridized carbons (Fsp3) is 0.455. The van der Waals surface area contributed by atoms with Crippen LogP contribution in [0, 0.1) is 6.92 Å². The van der Waals surface area contributed by atoms with Crippen LogP contribution in [0.2, 0.25) is 0 Å². The van der Waals surface area contributed by atoms with Gasteiger partial charge in [0, 0.05) is 0 Å². The van der Waals surface area contributed by atoms with Gasteiger partial charge in [-0.2, -0.15) is 0 Å². The average molecular weight is 177 g/mol. The Balaban J connectivity index is 2.42. The minimum atomic E-state index is 0.244. The molecule has 0 spiro atoms. The number of nitrogens with one attached hydrogen (secondary N) is 1. The number of anilines is 1. The van der Waals surface area contributed by atoms with E-state index in [0.717, 1.165) is 11.4 Å². The Morgan fingerprint density at radius 1 is 1.31 bits per heavy atom. The van der Waals surface area contributed by atoms with Gasteiger partial charge in [-0.1, -0.05) is 12.1 Å². The van der Waals surface area contributed by atoms with Gasteiger partial charge < -0.3 is 10.1 Å². The molecular formula is C11H15NO. The Morgan fingerprint density at radius 2 is 2.08 bits per heavy atom. The highest BCUT2D eigenvalue weighted by Gasteiger charge is 2.22. The minimum Gasteiger partial charge on any atom is -0.486 e. The van der Waals surface area contributed by atoms with Crippen molar-refractivity contribution < 1.29 is 4.74 Å². The van der Waals surface area contributed by atoms with Crippen molar-refractivity contribution in [1.82, 2.24) is 0 Å². The topological polar surface area (TPSA) is 21.3 Å². The predicted molar refractivity (Wildman–Crippen MR) is 54.4 cm³/mol. The molecule has 2 rings (SSSR count). The van der Waals surface area contributed by atoms with E-state index >= 15 is 0 Å². The predicted octanol–water partition coefficient (Wildman–Crippen LogP) is 2.58. The number of para-hydroxylation sites is 1. The summed E-state index contributed by atoms with van der Waals surface area (Å²) < 4.78 is 5.81. The number of hydrogen-bond acceptors (Lipinski definition) is 2. The number of ether oxygens (including phenoxy) is 1. The lowest BCUT2D eigenvalue weighted by atomic mass is 10.1. The zero-order valence-corrected chi connectivity index (χ0v) is 8.29. The van der Waals surface area contributed by atoms with Crippen LogP contribution < -0.4 is 10.1 Å². The van der Waals surface area contributed by atoms with Crippen LogP contribution in [0.5, 0.6) is 5.75 Å². The van der Waals surface area contributed by atoms with Crippen LogP contribution >= 0.6 is 0 Å². The van der Waals surface area contributed by atoms with Gasteiger partial charge in [0.2, 0.25) is 0 Å². The highest BCUT2D eigenvalue weighted by atomic mass is 16.5. The molecule has 2 atom stereocenters. The summed E-state index contributed by atoms with van der Waals surface area (Å²) >= 11 is 0. The van der Waals surface area contributed by atoms with Gasteiger partial charge in [-0.05, 0) is 32.4 Å². The molecule has 1 aromatic carbocycles. The molecule has 0 saturated carbocycles. The van der Waals surface area contributed by atoms with Crippen molar-refractivity contribution in [3.05, 3.63) is 23.8 Å². The van der Waals surface area contributed by atoms with E-state index in [4.69, 9.17) is 4.74 Å². The van der Waals surface area contributed by atoms with Crippen molar-refractivity contribution in [2.75, 3.05) is 5.32 Å². The standard InChI is InChI=1S/C11H15NO/c1-7-5-4-6-10-11(7)13-9(3)8(2)12-10/h4-6,8-9,12H,1-3H3. The summed E-state index contributed by atoms with van der Waals surface area (Å²) in [5, 5.41) is 3.43. The van der Waals surface area contributed by atoms with Crippen molar-refractivity contribution in [3.8, 4) is 5.75 Å². The maximum Gasteiger partial charge on any atom is 0.145 e. The molecular weight excluding hydrogens is 162 g/mol. The Hall–Kier alpha value is -1.18. The Bertz CT molecular complexity index is 322. The van der Waals surface area contributed by atoms with Gasteiger partial charge in [-0.3, -0.25) is 0 Å². The molecule has 0 radical (unpaired) electrons. The third-order valence-electron chi connectivity index (χ3n) is 2.60. The minimum absolute atomic E-state index is 0.244. The monoisotopic (exact) mass is 177 g/mol. The molecule has 2 heteroatoms. The van der Waals surface area contributed by atoms with E-state index < -0.39 is 0 Å². The second-order valence-corrected chi connectivity index (χ2v) is 3.71. The quantitative estimate of drug-likeness (QED) is 0.657. The second kappa shape index (κ2) is 2.95. The van der Waals surface area contributed by atoms with E-state index in [1.165, 1.54) is 5.56 Å². The highest BCUT2D eigenvalue weighted by molar-refractivity contribution is 5.61. The summed E-state index contributed by atoms with van der Waals surface area (Å²) in [6.07, 6.45) is 0.244. The van der Waals surface area contributed by atoms with E-state index in [1.54, 1.807) is 0 Å². The third kappa shape index (κ3) is 1.37. The summed E-state index contributed by atoms with van der Waals surface area (Å²) in [6.45, 7) is 6.30. The molecule has 0 aromatic heterocycles. The number of aryl methyl sites for hydroxylation is 1. The summed E-state index contributed by atoms with van der Waals surface area (Å²) in [5.74, 6) is 1.01. The first-order valence-corrected chi connectivity index (χ1v) is 4.71. The molecule has 2 unspecified atom stereocenters. The SMILES string of the molecule is Cc1cccc2c1OC(C)C(C)N2. The van der Waals surface area contributed by atoms with E-state index in [9.17, 15) is 0 Å². The molecule has 0 bridgehead atoms. The normalized spacial score (nSPS) is 25.8. The van der Waals surface area contributed by atoms with Crippen LogP contribution in [0.25, 0.3) is 0 Å². The second-order valence-electron chi connectivity index (χ2n) is 3.71. The lowest BCUT2D eigenvalue weighted by Crippen LogP contribution is -2.37. The Labute approximate surface area is 78.9 Å². The zero-order valence-electron chi connectivity index (χ0n) is 8.29. The van der Waals surface area contributed by atoms with Crippen molar-refractivity contribution >= 4 is 5.69 Å². The molecule has 1 heterocycles.